The summed E-state index contributed by atoms with van der Waals surface area (Å²) in [5, 5.41) is 0. The standard InChI is InChI=1S/C17H25N3O3/c1-12-8-20(10-15(12)17(18)22)11-16(21)19(2)9-13-4-6-14(23-3)7-5-13/h4-7,12,15H,8-11H2,1-3H3,(H2,18,22)/t12-,15-/m1/s1. The molecular weight excluding hydrogens is 294 g/mol. The molecule has 1 aromatic carbocycles. The Kier molecular flexibility index (Phi) is 5.60. The largest absolute Gasteiger partial charge is 0.497 e. The number of carbonyl (C=O) groups excluding carboxylic acids is 2. The number of nitrogens with zero attached hydrogens (tertiary/aromatic N) is 2. The van der Waals surface area contributed by atoms with E-state index < -0.39 is 0 Å². The number of likely N-dealkylation sites (tertiary alicyclic amines) is 1. The second-order valence-corrected chi connectivity index (χ2v) is 6.28. The minimum Gasteiger partial charge on any atom is -0.497 e. The van der Waals surface area contributed by atoms with Crippen molar-refractivity contribution in [3.05, 3.63) is 29.8 Å². The van der Waals surface area contributed by atoms with Crippen molar-refractivity contribution in [3.8, 4) is 5.75 Å². The van der Waals surface area contributed by atoms with Gasteiger partial charge in [-0.25, -0.2) is 0 Å². The molecule has 0 aromatic heterocycles. The van der Waals surface area contributed by atoms with Gasteiger partial charge in [-0.2, -0.15) is 0 Å². The first-order valence-corrected chi connectivity index (χ1v) is 7.79. The van der Waals surface area contributed by atoms with Crippen LogP contribution in [0, 0.1) is 11.8 Å². The third kappa shape index (κ3) is 4.45. The molecule has 2 rings (SSSR count). The van der Waals surface area contributed by atoms with Crippen molar-refractivity contribution in [2.75, 3.05) is 33.8 Å². The van der Waals surface area contributed by atoms with Crippen molar-refractivity contribution in [3.63, 3.8) is 0 Å². The van der Waals surface area contributed by atoms with Crippen LogP contribution in [0.2, 0.25) is 0 Å². The van der Waals surface area contributed by atoms with Gasteiger partial charge in [0.2, 0.25) is 11.8 Å². The molecule has 1 heterocycles. The lowest BCUT2D eigenvalue weighted by atomic mass is 9.98. The summed E-state index contributed by atoms with van der Waals surface area (Å²) >= 11 is 0. The van der Waals surface area contributed by atoms with E-state index in [1.807, 2.05) is 36.1 Å². The number of likely N-dealkylation sites (N-methyl/N-ethyl adjacent to an activating group) is 1. The molecule has 2 amide bonds. The van der Waals surface area contributed by atoms with E-state index in [1.54, 1.807) is 19.1 Å². The smallest absolute Gasteiger partial charge is 0.236 e. The highest BCUT2D eigenvalue weighted by atomic mass is 16.5. The van der Waals surface area contributed by atoms with Crippen LogP contribution in [0.5, 0.6) is 5.75 Å². The quantitative estimate of drug-likeness (QED) is 0.838. The topological polar surface area (TPSA) is 75.9 Å². The van der Waals surface area contributed by atoms with Crippen LogP contribution in [0.25, 0.3) is 0 Å². The zero-order valence-corrected chi connectivity index (χ0v) is 14.0. The second-order valence-electron chi connectivity index (χ2n) is 6.28. The summed E-state index contributed by atoms with van der Waals surface area (Å²) in [7, 11) is 3.42. The number of primary amides is 1. The zero-order valence-electron chi connectivity index (χ0n) is 14.0. The highest BCUT2D eigenvalue weighted by Crippen LogP contribution is 2.22. The van der Waals surface area contributed by atoms with Crippen LogP contribution in [0.4, 0.5) is 0 Å². The van der Waals surface area contributed by atoms with Crippen molar-refractivity contribution in [1.82, 2.24) is 9.80 Å². The molecule has 0 radical (unpaired) electrons. The number of ether oxygens (including phenoxy) is 1. The summed E-state index contributed by atoms with van der Waals surface area (Å²) in [6.07, 6.45) is 0. The minimum atomic E-state index is -0.279. The minimum absolute atomic E-state index is 0.0399. The van der Waals surface area contributed by atoms with E-state index >= 15 is 0 Å². The molecule has 0 spiro atoms. The molecule has 2 atom stereocenters. The van der Waals surface area contributed by atoms with Crippen LogP contribution in [-0.4, -0.2) is 55.4 Å². The van der Waals surface area contributed by atoms with Gasteiger partial charge in [-0.05, 0) is 23.6 Å². The van der Waals surface area contributed by atoms with Crippen LogP contribution in [0.15, 0.2) is 24.3 Å². The first kappa shape index (κ1) is 17.3. The Morgan fingerprint density at radius 3 is 2.48 bits per heavy atom. The molecule has 126 valence electrons. The molecule has 1 fully saturated rings. The number of hydrogen-bond acceptors (Lipinski definition) is 4. The Balaban J connectivity index is 1.86. The van der Waals surface area contributed by atoms with Gasteiger partial charge in [-0.15, -0.1) is 0 Å². The Hall–Kier alpha value is -2.08. The average Bonchev–Trinajstić information content (AvgIpc) is 2.88. The first-order chi connectivity index (χ1) is 10.9. The SMILES string of the molecule is COc1ccc(CN(C)C(=O)CN2C[C@@H](C)[C@H](C(N)=O)C2)cc1. The summed E-state index contributed by atoms with van der Waals surface area (Å²) < 4.78 is 5.12. The highest BCUT2D eigenvalue weighted by Gasteiger charge is 2.34. The predicted octanol–water partition coefficient (Wildman–Crippen LogP) is 0.707. The lowest BCUT2D eigenvalue weighted by Gasteiger charge is -2.21. The lowest BCUT2D eigenvalue weighted by molar-refractivity contribution is -0.131. The van der Waals surface area contributed by atoms with Crippen LogP contribution < -0.4 is 10.5 Å². The summed E-state index contributed by atoms with van der Waals surface area (Å²) in [5.74, 6) is 0.602. The molecule has 6 heteroatoms. The number of hydrogen-bond donors (Lipinski definition) is 1. The predicted molar refractivity (Wildman–Crippen MR) is 87.8 cm³/mol. The highest BCUT2D eigenvalue weighted by molar-refractivity contribution is 5.79. The summed E-state index contributed by atoms with van der Waals surface area (Å²) in [4.78, 5) is 27.4. The number of nitrogens with two attached hydrogens (primary N) is 1. The Labute approximate surface area is 137 Å². The molecular formula is C17H25N3O3. The van der Waals surface area contributed by atoms with Gasteiger partial charge in [0.25, 0.3) is 0 Å². The zero-order chi connectivity index (χ0) is 17.0. The van der Waals surface area contributed by atoms with E-state index in [0.717, 1.165) is 17.9 Å². The fourth-order valence-corrected chi connectivity index (χ4v) is 2.97. The average molecular weight is 319 g/mol. The van der Waals surface area contributed by atoms with Crippen LogP contribution in [-0.2, 0) is 16.1 Å². The molecule has 0 unspecified atom stereocenters. The van der Waals surface area contributed by atoms with E-state index in [1.165, 1.54) is 0 Å². The lowest BCUT2D eigenvalue weighted by Crippen LogP contribution is -2.37. The van der Waals surface area contributed by atoms with E-state index in [4.69, 9.17) is 10.5 Å². The van der Waals surface area contributed by atoms with Crippen molar-refractivity contribution >= 4 is 11.8 Å². The van der Waals surface area contributed by atoms with Crippen LogP contribution >= 0.6 is 0 Å². The molecule has 6 nitrogen and oxygen atoms in total. The van der Waals surface area contributed by atoms with Crippen molar-refractivity contribution < 1.29 is 14.3 Å². The molecule has 23 heavy (non-hydrogen) atoms. The molecule has 1 aromatic rings. The third-order valence-electron chi connectivity index (χ3n) is 4.42. The fraction of sp³-hybridized carbons (Fsp3) is 0.529. The van der Waals surface area contributed by atoms with Gasteiger partial charge >= 0.3 is 0 Å². The number of rotatable bonds is 6. The Bertz CT molecular complexity index is 559. The van der Waals surface area contributed by atoms with Gasteiger partial charge in [0.15, 0.2) is 0 Å². The Morgan fingerprint density at radius 2 is 1.96 bits per heavy atom. The molecule has 1 aliphatic heterocycles. The number of methoxy groups -OCH3 is 1. The summed E-state index contributed by atoms with van der Waals surface area (Å²) in [6, 6.07) is 7.66. The summed E-state index contributed by atoms with van der Waals surface area (Å²) in [6.45, 7) is 4.17. The van der Waals surface area contributed by atoms with Gasteiger partial charge in [0, 0.05) is 26.7 Å². The molecule has 0 aliphatic carbocycles. The van der Waals surface area contributed by atoms with Crippen molar-refractivity contribution in [1.29, 1.82) is 0 Å². The normalized spacial score (nSPS) is 21.2. The van der Waals surface area contributed by atoms with Gasteiger partial charge in [0.1, 0.15) is 5.75 Å². The fourth-order valence-electron chi connectivity index (χ4n) is 2.97. The molecule has 0 bridgehead atoms. The van der Waals surface area contributed by atoms with Crippen LogP contribution in [0.3, 0.4) is 0 Å². The molecule has 2 N–H and O–H groups in total. The van der Waals surface area contributed by atoms with Gasteiger partial charge in [0.05, 0.1) is 19.6 Å². The van der Waals surface area contributed by atoms with Crippen molar-refractivity contribution in [2.24, 2.45) is 17.6 Å². The van der Waals surface area contributed by atoms with Crippen LogP contribution in [0.1, 0.15) is 12.5 Å². The van der Waals surface area contributed by atoms with Crippen molar-refractivity contribution in [2.45, 2.75) is 13.5 Å². The maximum absolute atomic E-state index is 12.4. The van der Waals surface area contributed by atoms with Gasteiger partial charge < -0.3 is 15.4 Å². The van der Waals surface area contributed by atoms with E-state index in [-0.39, 0.29) is 23.7 Å². The van der Waals surface area contributed by atoms with Gasteiger partial charge in [-0.3, -0.25) is 14.5 Å². The summed E-state index contributed by atoms with van der Waals surface area (Å²) in [5.41, 5.74) is 6.44. The molecule has 1 saturated heterocycles. The molecule has 0 saturated carbocycles. The Morgan fingerprint density at radius 1 is 1.30 bits per heavy atom. The number of carbonyl (C=O) groups is 2. The third-order valence-corrected chi connectivity index (χ3v) is 4.42. The number of benzene rings is 1. The molecule has 1 aliphatic rings. The van der Waals surface area contributed by atoms with E-state index in [2.05, 4.69) is 0 Å². The first-order valence-electron chi connectivity index (χ1n) is 7.79. The van der Waals surface area contributed by atoms with E-state index in [0.29, 0.717) is 19.6 Å². The van der Waals surface area contributed by atoms with E-state index in [9.17, 15) is 9.59 Å². The van der Waals surface area contributed by atoms with Gasteiger partial charge in [-0.1, -0.05) is 19.1 Å². The maximum Gasteiger partial charge on any atom is 0.236 e. The monoisotopic (exact) mass is 319 g/mol. The number of amides is 2. The second kappa shape index (κ2) is 7.46. The maximum atomic E-state index is 12.4.